The van der Waals surface area contributed by atoms with E-state index in [1.807, 2.05) is 59.6 Å². The number of nitrogens with zero attached hydrogens (tertiary/aromatic N) is 3. The van der Waals surface area contributed by atoms with Crippen LogP contribution in [0.25, 0.3) is 5.69 Å². The Balaban J connectivity index is 1.51. The second-order valence-electron chi connectivity index (χ2n) is 7.16. The average Bonchev–Trinajstić information content (AvgIpc) is 3.43. The predicted octanol–water partition coefficient (Wildman–Crippen LogP) is 3.80. The van der Waals surface area contributed by atoms with Gasteiger partial charge in [0.2, 0.25) is 5.91 Å². The maximum atomic E-state index is 13.1. The van der Waals surface area contributed by atoms with E-state index in [9.17, 15) is 4.79 Å². The van der Waals surface area contributed by atoms with Crippen LogP contribution in [0.3, 0.4) is 0 Å². The van der Waals surface area contributed by atoms with Crippen LogP contribution in [-0.2, 0) is 11.2 Å². The molecule has 1 atom stereocenters. The maximum absolute atomic E-state index is 13.1. The van der Waals surface area contributed by atoms with Gasteiger partial charge in [-0.05, 0) is 42.7 Å². The first-order valence-electron chi connectivity index (χ1n) is 9.80. The van der Waals surface area contributed by atoms with Crippen molar-refractivity contribution in [3.63, 3.8) is 0 Å². The number of methoxy groups -OCH3 is 2. The van der Waals surface area contributed by atoms with Gasteiger partial charge in [0, 0.05) is 24.4 Å². The van der Waals surface area contributed by atoms with Crippen molar-refractivity contribution < 1.29 is 14.3 Å². The summed E-state index contributed by atoms with van der Waals surface area (Å²) in [4.78, 5) is 15.1. The number of likely N-dealkylation sites (tertiary alicyclic amines) is 1. The zero-order chi connectivity index (χ0) is 20.2. The van der Waals surface area contributed by atoms with Crippen LogP contribution >= 0.6 is 0 Å². The third kappa shape index (κ3) is 3.97. The molecule has 1 aliphatic rings. The Hall–Kier alpha value is -3.28. The van der Waals surface area contributed by atoms with E-state index in [0.717, 1.165) is 47.7 Å². The van der Waals surface area contributed by atoms with Gasteiger partial charge in [-0.3, -0.25) is 4.79 Å². The Morgan fingerprint density at radius 3 is 2.72 bits per heavy atom. The number of benzene rings is 2. The third-order valence-corrected chi connectivity index (χ3v) is 5.38. The smallest absolute Gasteiger partial charge is 0.227 e. The predicted molar refractivity (Wildman–Crippen MR) is 111 cm³/mol. The SMILES string of the molecule is COc1ccc(C2CCCN2C(=O)Cc2cnn(-c3ccccc3)c2)c(OC)c1. The summed E-state index contributed by atoms with van der Waals surface area (Å²) < 4.78 is 12.7. The van der Waals surface area contributed by atoms with Gasteiger partial charge in [-0.15, -0.1) is 0 Å². The van der Waals surface area contributed by atoms with Crippen molar-refractivity contribution in [2.45, 2.75) is 25.3 Å². The molecule has 1 unspecified atom stereocenters. The maximum Gasteiger partial charge on any atom is 0.227 e. The van der Waals surface area contributed by atoms with Crippen LogP contribution < -0.4 is 9.47 Å². The molecule has 0 spiro atoms. The monoisotopic (exact) mass is 391 g/mol. The lowest BCUT2D eigenvalue weighted by Crippen LogP contribution is -2.32. The van der Waals surface area contributed by atoms with Crippen molar-refractivity contribution in [3.05, 3.63) is 72.1 Å². The van der Waals surface area contributed by atoms with E-state index in [-0.39, 0.29) is 11.9 Å². The molecule has 150 valence electrons. The lowest BCUT2D eigenvalue weighted by atomic mass is 10.0. The highest BCUT2D eigenvalue weighted by Gasteiger charge is 2.32. The summed E-state index contributed by atoms with van der Waals surface area (Å²) in [6.07, 6.45) is 5.94. The highest BCUT2D eigenvalue weighted by molar-refractivity contribution is 5.79. The van der Waals surface area contributed by atoms with Crippen molar-refractivity contribution in [1.29, 1.82) is 0 Å². The fraction of sp³-hybridized carbons (Fsp3) is 0.304. The Labute approximate surface area is 170 Å². The molecule has 2 heterocycles. The van der Waals surface area contributed by atoms with Crippen LogP contribution in [0.4, 0.5) is 0 Å². The second-order valence-corrected chi connectivity index (χ2v) is 7.16. The number of amides is 1. The molecule has 1 aliphatic heterocycles. The van der Waals surface area contributed by atoms with Crippen LogP contribution in [0, 0.1) is 0 Å². The molecule has 6 heteroatoms. The Bertz CT molecular complexity index is 984. The summed E-state index contributed by atoms with van der Waals surface area (Å²) in [6.45, 7) is 0.755. The summed E-state index contributed by atoms with van der Waals surface area (Å²) in [5, 5.41) is 4.40. The van der Waals surface area contributed by atoms with Crippen LogP contribution in [0.1, 0.15) is 30.0 Å². The minimum atomic E-state index is 0.0209. The van der Waals surface area contributed by atoms with E-state index in [1.54, 1.807) is 25.1 Å². The Morgan fingerprint density at radius 2 is 1.97 bits per heavy atom. The largest absolute Gasteiger partial charge is 0.497 e. The molecule has 0 bridgehead atoms. The summed E-state index contributed by atoms with van der Waals surface area (Å²) in [6, 6.07) is 15.7. The van der Waals surface area contributed by atoms with Gasteiger partial charge in [0.15, 0.2) is 0 Å². The second kappa shape index (κ2) is 8.39. The van der Waals surface area contributed by atoms with E-state index in [4.69, 9.17) is 9.47 Å². The molecular formula is C23H25N3O3. The standard InChI is InChI=1S/C23H25N3O3/c1-28-19-10-11-20(22(14-19)29-2)21-9-6-12-25(21)23(27)13-17-15-24-26(16-17)18-7-4-3-5-8-18/h3-5,7-8,10-11,14-16,21H,6,9,12-13H2,1-2H3. The van der Waals surface area contributed by atoms with Gasteiger partial charge in [0.1, 0.15) is 11.5 Å². The molecule has 1 saturated heterocycles. The van der Waals surface area contributed by atoms with Gasteiger partial charge in [-0.25, -0.2) is 4.68 Å². The molecule has 6 nitrogen and oxygen atoms in total. The van der Waals surface area contributed by atoms with Gasteiger partial charge in [0.25, 0.3) is 0 Å². The molecule has 0 radical (unpaired) electrons. The van der Waals surface area contributed by atoms with Gasteiger partial charge in [-0.1, -0.05) is 18.2 Å². The molecule has 4 rings (SSSR count). The number of carbonyl (C=O) groups excluding carboxylic acids is 1. The molecule has 29 heavy (non-hydrogen) atoms. The zero-order valence-corrected chi connectivity index (χ0v) is 16.7. The normalized spacial score (nSPS) is 16.1. The van der Waals surface area contributed by atoms with Gasteiger partial charge >= 0.3 is 0 Å². The number of rotatable bonds is 6. The summed E-state index contributed by atoms with van der Waals surface area (Å²) >= 11 is 0. The molecule has 0 saturated carbocycles. The van der Waals surface area contributed by atoms with E-state index in [1.165, 1.54) is 0 Å². The number of hydrogen-bond donors (Lipinski definition) is 0. The molecule has 1 fully saturated rings. The van der Waals surface area contributed by atoms with Gasteiger partial charge in [0.05, 0.1) is 38.6 Å². The minimum Gasteiger partial charge on any atom is -0.497 e. The van der Waals surface area contributed by atoms with Gasteiger partial charge in [-0.2, -0.15) is 5.10 Å². The van der Waals surface area contributed by atoms with E-state index in [2.05, 4.69) is 5.10 Å². The van der Waals surface area contributed by atoms with E-state index in [0.29, 0.717) is 6.42 Å². The lowest BCUT2D eigenvalue weighted by Gasteiger charge is -2.26. The zero-order valence-electron chi connectivity index (χ0n) is 16.7. The van der Waals surface area contributed by atoms with Crippen LogP contribution in [0.5, 0.6) is 11.5 Å². The number of ether oxygens (including phenoxy) is 2. The first-order chi connectivity index (χ1) is 14.2. The Morgan fingerprint density at radius 1 is 1.14 bits per heavy atom. The summed E-state index contributed by atoms with van der Waals surface area (Å²) in [5.74, 6) is 1.61. The van der Waals surface area contributed by atoms with Crippen molar-refractivity contribution >= 4 is 5.91 Å². The first-order valence-corrected chi connectivity index (χ1v) is 9.80. The molecule has 1 aromatic heterocycles. The summed E-state index contributed by atoms with van der Waals surface area (Å²) in [7, 11) is 3.28. The van der Waals surface area contributed by atoms with Crippen molar-refractivity contribution in [1.82, 2.24) is 14.7 Å². The van der Waals surface area contributed by atoms with E-state index >= 15 is 0 Å². The van der Waals surface area contributed by atoms with Crippen molar-refractivity contribution in [2.75, 3.05) is 20.8 Å². The molecule has 0 aliphatic carbocycles. The molecule has 1 amide bonds. The number of hydrogen-bond acceptors (Lipinski definition) is 4. The van der Waals surface area contributed by atoms with Gasteiger partial charge < -0.3 is 14.4 Å². The fourth-order valence-electron chi connectivity index (χ4n) is 3.93. The molecule has 0 N–H and O–H groups in total. The lowest BCUT2D eigenvalue weighted by molar-refractivity contribution is -0.131. The molecule has 3 aromatic rings. The third-order valence-electron chi connectivity index (χ3n) is 5.38. The molecular weight excluding hydrogens is 366 g/mol. The highest BCUT2D eigenvalue weighted by Crippen LogP contribution is 2.38. The minimum absolute atomic E-state index is 0.0209. The first kappa shape index (κ1) is 19.1. The topological polar surface area (TPSA) is 56.6 Å². The molecule has 2 aromatic carbocycles. The highest BCUT2D eigenvalue weighted by atomic mass is 16.5. The van der Waals surface area contributed by atoms with Crippen molar-refractivity contribution in [2.24, 2.45) is 0 Å². The van der Waals surface area contributed by atoms with Crippen LogP contribution in [0.15, 0.2) is 60.9 Å². The number of para-hydroxylation sites is 1. The fourth-order valence-corrected chi connectivity index (χ4v) is 3.93. The average molecular weight is 391 g/mol. The van der Waals surface area contributed by atoms with Crippen molar-refractivity contribution in [3.8, 4) is 17.2 Å². The number of aromatic nitrogens is 2. The van der Waals surface area contributed by atoms with E-state index < -0.39 is 0 Å². The number of carbonyl (C=O) groups is 1. The Kier molecular flexibility index (Phi) is 5.51. The van der Waals surface area contributed by atoms with Crippen LogP contribution in [-0.4, -0.2) is 41.4 Å². The quantitative estimate of drug-likeness (QED) is 0.641. The summed E-state index contributed by atoms with van der Waals surface area (Å²) in [5.41, 5.74) is 2.92. The van der Waals surface area contributed by atoms with Crippen LogP contribution in [0.2, 0.25) is 0 Å².